The maximum absolute atomic E-state index is 10.9. The number of nitro benzene ring substituents is 1. The second-order valence-electron chi connectivity index (χ2n) is 3.84. The van der Waals surface area contributed by atoms with Crippen LogP contribution in [-0.4, -0.2) is 4.92 Å². The molecule has 1 aromatic heterocycles. The average molecular weight is 317 g/mol. The van der Waals surface area contributed by atoms with Crippen LogP contribution in [0.4, 0.5) is 5.69 Å². The minimum Gasteiger partial charge on any atom is -0.308 e. The summed E-state index contributed by atoms with van der Waals surface area (Å²) >= 11 is 13.2. The lowest BCUT2D eigenvalue weighted by Crippen LogP contribution is -2.13. The van der Waals surface area contributed by atoms with Crippen LogP contribution in [0.5, 0.6) is 0 Å². The van der Waals surface area contributed by atoms with Crippen molar-refractivity contribution < 1.29 is 4.92 Å². The van der Waals surface area contributed by atoms with Crippen LogP contribution < -0.4 is 5.32 Å². The normalized spacial score (nSPS) is 10.6. The van der Waals surface area contributed by atoms with E-state index in [0.29, 0.717) is 23.7 Å². The van der Waals surface area contributed by atoms with Gasteiger partial charge in [0.15, 0.2) is 0 Å². The Morgan fingerprint density at radius 3 is 2.63 bits per heavy atom. The molecule has 1 N–H and O–H groups in total. The van der Waals surface area contributed by atoms with Gasteiger partial charge in [0.25, 0.3) is 5.69 Å². The van der Waals surface area contributed by atoms with Crippen molar-refractivity contribution in [1.29, 1.82) is 0 Å². The van der Waals surface area contributed by atoms with Crippen LogP contribution in [0.3, 0.4) is 0 Å². The number of nitrogens with zero attached hydrogens (tertiary/aromatic N) is 1. The van der Waals surface area contributed by atoms with Crippen LogP contribution in [0, 0.1) is 10.1 Å². The molecule has 0 unspecified atom stereocenters. The lowest BCUT2D eigenvalue weighted by molar-refractivity contribution is -0.385. The second-order valence-corrected chi connectivity index (χ2v) is 6.08. The van der Waals surface area contributed by atoms with Crippen LogP contribution in [0.15, 0.2) is 30.3 Å². The Morgan fingerprint density at radius 2 is 2.00 bits per heavy atom. The van der Waals surface area contributed by atoms with Gasteiger partial charge in [-0.25, -0.2) is 0 Å². The van der Waals surface area contributed by atoms with E-state index in [4.69, 9.17) is 23.2 Å². The number of halogens is 2. The van der Waals surface area contributed by atoms with Crippen molar-refractivity contribution in [2.24, 2.45) is 0 Å². The molecule has 0 radical (unpaired) electrons. The zero-order valence-corrected chi connectivity index (χ0v) is 12.1. The summed E-state index contributed by atoms with van der Waals surface area (Å²) in [7, 11) is 0. The van der Waals surface area contributed by atoms with Crippen molar-refractivity contribution >= 4 is 40.2 Å². The third-order valence-electron chi connectivity index (χ3n) is 2.48. The number of benzene rings is 1. The number of nitrogens with one attached hydrogen (secondary N) is 1. The van der Waals surface area contributed by atoms with Gasteiger partial charge in [0.1, 0.15) is 0 Å². The first-order valence-electron chi connectivity index (χ1n) is 5.44. The Balaban J connectivity index is 2.02. The standard InChI is InChI=1S/C12H10Cl2N2O2S/c13-9-1-3-11(16(17)18)8(5-9)6-15-7-10-2-4-12(14)19-10/h1-5,15H,6-7H2. The van der Waals surface area contributed by atoms with E-state index in [9.17, 15) is 10.1 Å². The van der Waals surface area contributed by atoms with Gasteiger partial charge in [0.05, 0.1) is 9.26 Å². The second kappa shape index (κ2) is 6.34. The van der Waals surface area contributed by atoms with Gasteiger partial charge in [-0.15, -0.1) is 11.3 Å². The van der Waals surface area contributed by atoms with Crippen LogP contribution in [-0.2, 0) is 13.1 Å². The molecule has 0 aliphatic heterocycles. The van der Waals surface area contributed by atoms with E-state index in [1.54, 1.807) is 6.07 Å². The molecule has 0 fully saturated rings. The van der Waals surface area contributed by atoms with Gasteiger partial charge in [0, 0.05) is 34.6 Å². The molecule has 0 bridgehead atoms. The van der Waals surface area contributed by atoms with Crippen molar-refractivity contribution in [3.05, 3.63) is 60.2 Å². The van der Waals surface area contributed by atoms with E-state index in [2.05, 4.69) is 5.32 Å². The van der Waals surface area contributed by atoms with Gasteiger partial charge in [-0.2, -0.15) is 0 Å². The summed E-state index contributed by atoms with van der Waals surface area (Å²) < 4.78 is 0.727. The maximum atomic E-state index is 10.9. The minimum absolute atomic E-state index is 0.0705. The molecule has 100 valence electrons. The maximum Gasteiger partial charge on any atom is 0.273 e. The summed E-state index contributed by atoms with van der Waals surface area (Å²) in [5.74, 6) is 0. The number of hydrogen-bond acceptors (Lipinski definition) is 4. The fourth-order valence-electron chi connectivity index (χ4n) is 1.64. The first kappa shape index (κ1) is 14.3. The highest BCUT2D eigenvalue weighted by molar-refractivity contribution is 7.16. The first-order chi connectivity index (χ1) is 9.06. The van der Waals surface area contributed by atoms with Crippen LogP contribution in [0.1, 0.15) is 10.4 Å². The van der Waals surface area contributed by atoms with Crippen molar-refractivity contribution in [2.45, 2.75) is 13.1 Å². The molecule has 0 saturated heterocycles. The highest BCUT2D eigenvalue weighted by atomic mass is 35.5. The monoisotopic (exact) mass is 316 g/mol. The minimum atomic E-state index is -0.407. The van der Waals surface area contributed by atoms with Gasteiger partial charge in [-0.3, -0.25) is 10.1 Å². The molecule has 0 atom stereocenters. The first-order valence-corrected chi connectivity index (χ1v) is 7.01. The third kappa shape index (κ3) is 3.91. The van der Waals surface area contributed by atoms with E-state index in [0.717, 1.165) is 9.21 Å². The topological polar surface area (TPSA) is 55.2 Å². The predicted octanol–water partition coefficient (Wildman–Crippen LogP) is 4.25. The van der Waals surface area contributed by atoms with Crippen molar-refractivity contribution in [2.75, 3.05) is 0 Å². The molecule has 2 aromatic rings. The fourth-order valence-corrected chi connectivity index (χ4v) is 2.89. The van der Waals surface area contributed by atoms with Crippen molar-refractivity contribution in [3.63, 3.8) is 0 Å². The number of hydrogen-bond donors (Lipinski definition) is 1. The Labute approximate surface area is 124 Å². The van der Waals surface area contributed by atoms with Gasteiger partial charge < -0.3 is 5.32 Å². The molecular formula is C12H10Cl2N2O2S. The smallest absolute Gasteiger partial charge is 0.273 e. The van der Waals surface area contributed by atoms with E-state index in [-0.39, 0.29) is 5.69 Å². The quantitative estimate of drug-likeness (QED) is 0.662. The summed E-state index contributed by atoms with van der Waals surface area (Å²) in [6, 6.07) is 8.29. The molecule has 0 amide bonds. The number of rotatable bonds is 5. The fraction of sp³-hybridized carbons (Fsp3) is 0.167. The third-order valence-corrected chi connectivity index (χ3v) is 3.95. The Morgan fingerprint density at radius 1 is 1.21 bits per heavy atom. The van der Waals surface area contributed by atoms with Gasteiger partial charge in [0.2, 0.25) is 0 Å². The van der Waals surface area contributed by atoms with Gasteiger partial charge >= 0.3 is 0 Å². The molecule has 0 aliphatic carbocycles. The zero-order valence-electron chi connectivity index (χ0n) is 9.73. The summed E-state index contributed by atoms with van der Waals surface area (Å²) in [5, 5.41) is 14.5. The Kier molecular flexibility index (Phi) is 4.76. The van der Waals surface area contributed by atoms with Crippen molar-refractivity contribution in [1.82, 2.24) is 5.32 Å². The Hall–Kier alpha value is -1.14. The van der Waals surface area contributed by atoms with Crippen LogP contribution >= 0.6 is 34.5 Å². The number of thiophene rings is 1. The largest absolute Gasteiger partial charge is 0.308 e. The van der Waals surface area contributed by atoms with E-state index in [1.165, 1.54) is 23.5 Å². The molecule has 0 aliphatic rings. The molecular weight excluding hydrogens is 307 g/mol. The van der Waals surface area contributed by atoms with E-state index in [1.807, 2.05) is 12.1 Å². The van der Waals surface area contributed by atoms with Crippen LogP contribution in [0.2, 0.25) is 9.36 Å². The summed E-state index contributed by atoms with van der Waals surface area (Å²) in [5.41, 5.74) is 0.640. The molecule has 7 heteroatoms. The van der Waals surface area contributed by atoms with E-state index < -0.39 is 4.92 Å². The summed E-state index contributed by atoms with van der Waals surface area (Å²) in [6.45, 7) is 0.993. The number of nitro groups is 1. The summed E-state index contributed by atoms with van der Waals surface area (Å²) in [4.78, 5) is 11.6. The summed E-state index contributed by atoms with van der Waals surface area (Å²) in [6.07, 6.45) is 0. The van der Waals surface area contributed by atoms with E-state index >= 15 is 0 Å². The van der Waals surface area contributed by atoms with Gasteiger partial charge in [-0.1, -0.05) is 23.2 Å². The Bertz CT molecular complexity index is 601. The van der Waals surface area contributed by atoms with Crippen molar-refractivity contribution in [3.8, 4) is 0 Å². The highest BCUT2D eigenvalue weighted by Crippen LogP contribution is 2.24. The molecule has 2 rings (SSSR count). The molecule has 4 nitrogen and oxygen atoms in total. The molecule has 19 heavy (non-hydrogen) atoms. The molecule has 1 heterocycles. The molecule has 1 aromatic carbocycles. The predicted molar refractivity (Wildman–Crippen MR) is 78.0 cm³/mol. The lowest BCUT2D eigenvalue weighted by Gasteiger charge is -2.05. The molecule has 0 saturated carbocycles. The van der Waals surface area contributed by atoms with Gasteiger partial charge in [-0.05, 0) is 24.3 Å². The lowest BCUT2D eigenvalue weighted by atomic mass is 10.2. The zero-order chi connectivity index (χ0) is 13.8. The SMILES string of the molecule is O=[N+]([O-])c1ccc(Cl)cc1CNCc1ccc(Cl)s1. The molecule has 0 spiro atoms. The van der Waals surface area contributed by atoms with Crippen LogP contribution in [0.25, 0.3) is 0 Å². The average Bonchev–Trinajstić information content (AvgIpc) is 2.75. The highest BCUT2D eigenvalue weighted by Gasteiger charge is 2.13.